The molecule has 0 aliphatic carbocycles. The van der Waals surface area contributed by atoms with Crippen LogP contribution in [-0.2, 0) is 0 Å². The monoisotopic (exact) mass is 190 g/mol. The van der Waals surface area contributed by atoms with E-state index in [0.717, 1.165) is 5.92 Å². The second kappa shape index (κ2) is 4.56. The van der Waals surface area contributed by atoms with Gasteiger partial charge in [-0.3, -0.25) is 4.98 Å². The van der Waals surface area contributed by atoms with Crippen molar-refractivity contribution in [1.29, 1.82) is 0 Å². The maximum atomic E-state index is 4.05. The van der Waals surface area contributed by atoms with Crippen LogP contribution in [0.2, 0.25) is 0 Å². The third-order valence-electron chi connectivity index (χ3n) is 3.12. The molecule has 1 fully saturated rings. The Balaban J connectivity index is 1.92. The quantitative estimate of drug-likeness (QED) is 0.790. The highest BCUT2D eigenvalue weighted by Gasteiger charge is 2.17. The molecule has 0 bridgehead atoms. The van der Waals surface area contributed by atoms with E-state index in [4.69, 9.17) is 0 Å². The van der Waals surface area contributed by atoms with Gasteiger partial charge in [0.25, 0.3) is 0 Å². The van der Waals surface area contributed by atoms with E-state index in [2.05, 4.69) is 29.4 Å². The molecule has 0 saturated carbocycles. The summed E-state index contributed by atoms with van der Waals surface area (Å²) in [5, 5.41) is 3.42. The van der Waals surface area contributed by atoms with Gasteiger partial charge in [0.1, 0.15) is 0 Å². The number of rotatable bonds is 3. The lowest BCUT2D eigenvalue weighted by Gasteiger charge is -2.15. The molecule has 0 radical (unpaired) electrons. The standard InChI is InChI=1S/C12H18N2/c1-10(8-11-2-5-14-9-11)12-3-6-13-7-4-12/h3-4,6-7,10-11,14H,2,5,8-9H2,1H3. The summed E-state index contributed by atoms with van der Waals surface area (Å²) in [6.45, 7) is 4.72. The predicted octanol–water partition coefficient (Wildman–Crippen LogP) is 2.18. The van der Waals surface area contributed by atoms with Gasteiger partial charge in [0.2, 0.25) is 0 Å². The maximum absolute atomic E-state index is 4.05. The summed E-state index contributed by atoms with van der Waals surface area (Å²) in [5.41, 5.74) is 1.42. The van der Waals surface area contributed by atoms with Gasteiger partial charge >= 0.3 is 0 Å². The van der Waals surface area contributed by atoms with E-state index in [-0.39, 0.29) is 0 Å². The molecular formula is C12H18N2. The largest absolute Gasteiger partial charge is 0.316 e. The number of hydrogen-bond donors (Lipinski definition) is 1. The second-order valence-electron chi connectivity index (χ2n) is 4.28. The van der Waals surface area contributed by atoms with E-state index in [1.54, 1.807) is 0 Å². The molecule has 1 aromatic heterocycles. The van der Waals surface area contributed by atoms with Crippen LogP contribution in [0.1, 0.15) is 31.2 Å². The zero-order chi connectivity index (χ0) is 9.80. The van der Waals surface area contributed by atoms with Crippen LogP contribution in [0.5, 0.6) is 0 Å². The second-order valence-corrected chi connectivity index (χ2v) is 4.28. The van der Waals surface area contributed by atoms with Gasteiger partial charge in [0.05, 0.1) is 0 Å². The summed E-state index contributed by atoms with van der Waals surface area (Å²) in [6, 6.07) is 4.26. The molecule has 14 heavy (non-hydrogen) atoms. The van der Waals surface area contributed by atoms with Gasteiger partial charge in [-0.1, -0.05) is 6.92 Å². The van der Waals surface area contributed by atoms with Crippen LogP contribution in [-0.4, -0.2) is 18.1 Å². The molecule has 0 amide bonds. The maximum Gasteiger partial charge on any atom is 0.0270 e. The summed E-state index contributed by atoms with van der Waals surface area (Å²) in [4.78, 5) is 4.05. The van der Waals surface area contributed by atoms with Crippen molar-refractivity contribution in [3.8, 4) is 0 Å². The average molecular weight is 190 g/mol. The van der Waals surface area contributed by atoms with Crippen LogP contribution in [0.15, 0.2) is 24.5 Å². The highest BCUT2D eigenvalue weighted by atomic mass is 14.9. The van der Waals surface area contributed by atoms with Gasteiger partial charge in [-0.2, -0.15) is 0 Å². The Morgan fingerprint density at radius 3 is 2.93 bits per heavy atom. The fraction of sp³-hybridized carbons (Fsp3) is 0.583. The number of pyridine rings is 1. The first-order valence-corrected chi connectivity index (χ1v) is 5.47. The Morgan fingerprint density at radius 1 is 1.50 bits per heavy atom. The molecule has 1 aliphatic heterocycles. The third kappa shape index (κ3) is 2.32. The van der Waals surface area contributed by atoms with E-state index < -0.39 is 0 Å². The van der Waals surface area contributed by atoms with Crippen molar-refractivity contribution in [2.24, 2.45) is 5.92 Å². The van der Waals surface area contributed by atoms with Gasteiger partial charge in [-0.25, -0.2) is 0 Å². The van der Waals surface area contributed by atoms with Crippen molar-refractivity contribution in [2.75, 3.05) is 13.1 Å². The topological polar surface area (TPSA) is 24.9 Å². The Labute approximate surface area is 85.7 Å². The lowest BCUT2D eigenvalue weighted by atomic mass is 9.90. The summed E-state index contributed by atoms with van der Waals surface area (Å²) in [7, 11) is 0. The fourth-order valence-electron chi connectivity index (χ4n) is 2.24. The first-order chi connectivity index (χ1) is 6.86. The molecule has 2 heterocycles. The van der Waals surface area contributed by atoms with Crippen LogP contribution in [0.25, 0.3) is 0 Å². The van der Waals surface area contributed by atoms with Gasteiger partial charge in [0, 0.05) is 12.4 Å². The first kappa shape index (κ1) is 9.66. The first-order valence-electron chi connectivity index (χ1n) is 5.47. The van der Waals surface area contributed by atoms with Crippen molar-refractivity contribution in [1.82, 2.24) is 10.3 Å². The molecule has 1 aromatic rings. The Kier molecular flexibility index (Phi) is 3.14. The highest BCUT2D eigenvalue weighted by molar-refractivity contribution is 5.14. The van der Waals surface area contributed by atoms with E-state index in [1.807, 2.05) is 12.4 Å². The molecule has 2 unspecified atom stereocenters. The molecule has 1 aliphatic rings. The molecule has 76 valence electrons. The van der Waals surface area contributed by atoms with Crippen LogP contribution < -0.4 is 5.32 Å². The van der Waals surface area contributed by atoms with Crippen LogP contribution >= 0.6 is 0 Å². The highest BCUT2D eigenvalue weighted by Crippen LogP contribution is 2.25. The number of hydrogen-bond acceptors (Lipinski definition) is 2. The molecular weight excluding hydrogens is 172 g/mol. The summed E-state index contributed by atoms with van der Waals surface area (Å²) >= 11 is 0. The minimum absolute atomic E-state index is 0.669. The molecule has 2 nitrogen and oxygen atoms in total. The Morgan fingerprint density at radius 2 is 2.29 bits per heavy atom. The predicted molar refractivity (Wildman–Crippen MR) is 58.2 cm³/mol. The molecule has 2 heteroatoms. The van der Waals surface area contributed by atoms with Crippen molar-refractivity contribution in [2.45, 2.75) is 25.7 Å². The van der Waals surface area contributed by atoms with Gasteiger partial charge < -0.3 is 5.32 Å². The van der Waals surface area contributed by atoms with Crippen molar-refractivity contribution >= 4 is 0 Å². The lowest BCUT2D eigenvalue weighted by Crippen LogP contribution is -2.11. The smallest absolute Gasteiger partial charge is 0.0270 e. The number of aromatic nitrogens is 1. The molecule has 2 rings (SSSR count). The lowest BCUT2D eigenvalue weighted by molar-refractivity contribution is 0.483. The van der Waals surface area contributed by atoms with E-state index in [9.17, 15) is 0 Å². The molecule has 1 saturated heterocycles. The Hall–Kier alpha value is -0.890. The van der Waals surface area contributed by atoms with E-state index >= 15 is 0 Å². The molecule has 0 spiro atoms. The zero-order valence-corrected chi connectivity index (χ0v) is 8.74. The SMILES string of the molecule is CC(CC1CCNC1)c1ccncc1. The third-order valence-corrected chi connectivity index (χ3v) is 3.12. The minimum atomic E-state index is 0.669. The molecule has 2 atom stereocenters. The van der Waals surface area contributed by atoms with Crippen LogP contribution in [0, 0.1) is 5.92 Å². The summed E-state index contributed by atoms with van der Waals surface area (Å²) < 4.78 is 0. The minimum Gasteiger partial charge on any atom is -0.316 e. The average Bonchev–Trinajstić information content (AvgIpc) is 2.72. The number of nitrogens with one attached hydrogen (secondary N) is 1. The van der Waals surface area contributed by atoms with Crippen molar-refractivity contribution in [3.05, 3.63) is 30.1 Å². The molecule has 1 N–H and O–H groups in total. The zero-order valence-electron chi connectivity index (χ0n) is 8.74. The fourth-order valence-corrected chi connectivity index (χ4v) is 2.24. The van der Waals surface area contributed by atoms with E-state index in [0.29, 0.717) is 5.92 Å². The normalized spacial score (nSPS) is 23.6. The van der Waals surface area contributed by atoms with Crippen LogP contribution in [0.4, 0.5) is 0 Å². The number of nitrogens with zero attached hydrogens (tertiary/aromatic N) is 1. The van der Waals surface area contributed by atoms with Crippen LogP contribution in [0.3, 0.4) is 0 Å². The Bertz CT molecular complexity index is 265. The molecule has 0 aromatic carbocycles. The summed E-state index contributed by atoms with van der Waals surface area (Å²) in [5.74, 6) is 1.54. The summed E-state index contributed by atoms with van der Waals surface area (Å²) in [6.07, 6.45) is 6.42. The van der Waals surface area contributed by atoms with E-state index in [1.165, 1.54) is 31.5 Å². The van der Waals surface area contributed by atoms with Gasteiger partial charge in [-0.05, 0) is 55.5 Å². The van der Waals surface area contributed by atoms with Crippen molar-refractivity contribution in [3.63, 3.8) is 0 Å². The van der Waals surface area contributed by atoms with Crippen molar-refractivity contribution < 1.29 is 0 Å². The van der Waals surface area contributed by atoms with Gasteiger partial charge in [0.15, 0.2) is 0 Å². The van der Waals surface area contributed by atoms with Gasteiger partial charge in [-0.15, -0.1) is 0 Å².